The maximum absolute atomic E-state index is 11.2. The molecular weight excluding hydrogens is 180 g/mol. The second-order valence-corrected chi connectivity index (χ2v) is 4.16. The zero-order valence-corrected chi connectivity index (χ0v) is 8.87. The average Bonchev–Trinajstić information content (AvgIpc) is 2.12. The molecule has 0 aliphatic heterocycles. The van der Waals surface area contributed by atoms with Crippen LogP contribution < -0.4 is 0 Å². The van der Waals surface area contributed by atoms with E-state index in [4.69, 9.17) is 4.74 Å². The van der Waals surface area contributed by atoms with E-state index in [1.165, 1.54) is 0 Å². The molecule has 1 unspecified atom stereocenters. The van der Waals surface area contributed by atoms with Crippen molar-refractivity contribution in [2.75, 3.05) is 0 Å². The highest BCUT2D eigenvalue weighted by Crippen LogP contribution is 2.31. The summed E-state index contributed by atoms with van der Waals surface area (Å²) in [5.74, 6) is -0.218. The van der Waals surface area contributed by atoms with Crippen molar-refractivity contribution in [3.63, 3.8) is 0 Å². The van der Waals surface area contributed by atoms with Gasteiger partial charge in [0.2, 0.25) is 0 Å². The minimum absolute atomic E-state index is 0.0261. The number of hydrogen-bond donors (Lipinski definition) is 0. The van der Waals surface area contributed by atoms with Crippen molar-refractivity contribution in [3.05, 3.63) is 12.2 Å². The summed E-state index contributed by atoms with van der Waals surface area (Å²) in [7, 11) is 0. The molecule has 0 saturated heterocycles. The van der Waals surface area contributed by atoms with Crippen molar-refractivity contribution in [2.24, 2.45) is 5.41 Å². The van der Waals surface area contributed by atoms with Gasteiger partial charge in [-0.25, -0.2) is 0 Å². The van der Waals surface area contributed by atoms with Crippen LogP contribution in [0.3, 0.4) is 0 Å². The van der Waals surface area contributed by atoms with Crippen molar-refractivity contribution < 1.29 is 14.3 Å². The number of carbonyl (C=O) groups excluding carboxylic acids is 2. The van der Waals surface area contributed by atoms with Crippen LogP contribution in [-0.2, 0) is 14.3 Å². The molecule has 78 valence electrons. The lowest BCUT2D eigenvalue weighted by atomic mass is 9.79. The Hall–Kier alpha value is -1.12. The van der Waals surface area contributed by atoms with E-state index in [0.29, 0.717) is 12.8 Å². The van der Waals surface area contributed by atoms with Gasteiger partial charge in [0.15, 0.2) is 5.78 Å². The summed E-state index contributed by atoms with van der Waals surface area (Å²) in [5, 5.41) is 0. The summed E-state index contributed by atoms with van der Waals surface area (Å²) in [6.45, 7) is 5.67. The predicted molar refractivity (Wildman–Crippen MR) is 52.7 cm³/mol. The van der Waals surface area contributed by atoms with Gasteiger partial charge in [0.25, 0.3) is 0 Å². The Morgan fingerprint density at radius 1 is 1.64 bits per heavy atom. The van der Waals surface area contributed by atoms with Gasteiger partial charge in [0.05, 0.1) is 0 Å². The largest absolute Gasteiger partial charge is 0.461 e. The van der Waals surface area contributed by atoms with Crippen LogP contribution >= 0.6 is 0 Å². The van der Waals surface area contributed by atoms with Crippen LogP contribution in [0.4, 0.5) is 0 Å². The van der Waals surface area contributed by atoms with Crippen LogP contribution in [0.25, 0.3) is 0 Å². The molecule has 0 saturated carbocycles. The van der Waals surface area contributed by atoms with Crippen LogP contribution in [0.2, 0.25) is 0 Å². The van der Waals surface area contributed by atoms with E-state index in [1.807, 2.05) is 19.9 Å². The molecule has 0 N–H and O–H groups in total. The minimum atomic E-state index is -0.313. The molecule has 0 radical (unpaired) electrons. The van der Waals surface area contributed by atoms with E-state index in [-0.39, 0.29) is 23.3 Å². The van der Waals surface area contributed by atoms with Crippen LogP contribution in [-0.4, -0.2) is 17.9 Å². The first-order valence-corrected chi connectivity index (χ1v) is 4.87. The fraction of sp³-hybridized carbons (Fsp3) is 0.636. The summed E-state index contributed by atoms with van der Waals surface area (Å²) in [4.78, 5) is 22.3. The summed E-state index contributed by atoms with van der Waals surface area (Å²) in [6.07, 6.45) is 3.72. The Balaban J connectivity index is 2.72. The zero-order chi connectivity index (χ0) is 10.8. The van der Waals surface area contributed by atoms with Crippen molar-refractivity contribution in [1.29, 1.82) is 0 Å². The van der Waals surface area contributed by atoms with Crippen LogP contribution in [0.5, 0.6) is 0 Å². The Morgan fingerprint density at radius 3 is 2.86 bits per heavy atom. The van der Waals surface area contributed by atoms with Gasteiger partial charge in [0, 0.05) is 18.3 Å². The summed E-state index contributed by atoms with van der Waals surface area (Å²) in [6, 6.07) is 0. The molecule has 1 aliphatic carbocycles. The Morgan fingerprint density at radius 2 is 2.29 bits per heavy atom. The molecule has 0 amide bonds. The molecule has 3 heteroatoms. The van der Waals surface area contributed by atoms with E-state index in [9.17, 15) is 9.59 Å². The second kappa shape index (κ2) is 3.95. The standard InChI is InChI=1S/C11H16O3/c1-4-10(13)14-9-7-8(12)5-6-11(9,2)3/h5-6,9H,4,7H2,1-3H3. The highest BCUT2D eigenvalue weighted by Gasteiger charge is 2.34. The number of esters is 1. The van der Waals surface area contributed by atoms with Gasteiger partial charge < -0.3 is 4.74 Å². The molecule has 0 aromatic rings. The third-order valence-electron chi connectivity index (χ3n) is 2.48. The number of ether oxygens (including phenoxy) is 1. The lowest BCUT2D eigenvalue weighted by Gasteiger charge is -2.33. The number of allylic oxidation sites excluding steroid dienone is 1. The summed E-state index contributed by atoms with van der Waals surface area (Å²) in [5.41, 5.74) is -0.237. The minimum Gasteiger partial charge on any atom is -0.461 e. The first-order chi connectivity index (χ1) is 6.45. The Labute approximate surface area is 84.1 Å². The third-order valence-corrected chi connectivity index (χ3v) is 2.48. The SMILES string of the molecule is CCC(=O)OC1CC(=O)C=CC1(C)C. The van der Waals surface area contributed by atoms with E-state index < -0.39 is 0 Å². The van der Waals surface area contributed by atoms with E-state index >= 15 is 0 Å². The van der Waals surface area contributed by atoms with Crippen molar-refractivity contribution in [1.82, 2.24) is 0 Å². The fourth-order valence-corrected chi connectivity index (χ4v) is 1.36. The smallest absolute Gasteiger partial charge is 0.305 e. The number of rotatable bonds is 2. The van der Waals surface area contributed by atoms with E-state index in [0.717, 1.165) is 0 Å². The quantitative estimate of drug-likeness (QED) is 0.633. The summed E-state index contributed by atoms with van der Waals surface area (Å²) >= 11 is 0. The molecule has 3 nitrogen and oxygen atoms in total. The molecular formula is C11H16O3. The van der Waals surface area contributed by atoms with Crippen LogP contribution in [0, 0.1) is 5.41 Å². The Kier molecular flexibility index (Phi) is 3.09. The van der Waals surface area contributed by atoms with Crippen molar-refractivity contribution >= 4 is 11.8 Å². The van der Waals surface area contributed by atoms with E-state index in [1.54, 1.807) is 13.0 Å². The molecule has 0 heterocycles. The monoisotopic (exact) mass is 196 g/mol. The highest BCUT2D eigenvalue weighted by molar-refractivity contribution is 5.91. The zero-order valence-electron chi connectivity index (χ0n) is 8.87. The third kappa shape index (κ3) is 2.44. The number of ketones is 1. The maximum Gasteiger partial charge on any atom is 0.305 e. The number of carbonyl (C=O) groups is 2. The van der Waals surface area contributed by atoms with Gasteiger partial charge in [0.1, 0.15) is 6.10 Å². The molecule has 14 heavy (non-hydrogen) atoms. The average molecular weight is 196 g/mol. The van der Waals surface area contributed by atoms with Crippen molar-refractivity contribution in [3.8, 4) is 0 Å². The molecule has 0 aromatic heterocycles. The Bertz CT molecular complexity index is 276. The lowest BCUT2D eigenvalue weighted by Crippen LogP contribution is -2.36. The van der Waals surface area contributed by atoms with Gasteiger partial charge in [-0.2, -0.15) is 0 Å². The molecule has 1 aliphatic rings. The highest BCUT2D eigenvalue weighted by atomic mass is 16.5. The van der Waals surface area contributed by atoms with Gasteiger partial charge >= 0.3 is 5.97 Å². The van der Waals surface area contributed by atoms with Gasteiger partial charge in [-0.15, -0.1) is 0 Å². The van der Waals surface area contributed by atoms with Gasteiger partial charge in [-0.05, 0) is 6.08 Å². The first-order valence-electron chi connectivity index (χ1n) is 4.87. The van der Waals surface area contributed by atoms with E-state index in [2.05, 4.69) is 0 Å². The van der Waals surface area contributed by atoms with Gasteiger partial charge in [-0.1, -0.05) is 26.8 Å². The first kappa shape index (κ1) is 11.0. The van der Waals surface area contributed by atoms with Crippen LogP contribution in [0.1, 0.15) is 33.6 Å². The van der Waals surface area contributed by atoms with Crippen LogP contribution in [0.15, 0.2) is 12.2 Å². The molecule has 1 rings (SSSR count). The maximum atomic E-state index is 11.2. The molecule has 1 atom stereocenters. The molecule has 0 bridgehead atoms. The summed E-state index contributed by atoms with van der Waals surface area (Å²) < 4.78 is 5.22. The second-order valence-electron chi connectivity index (χ2n) is 4.16. The topological polar surface area (TPSA) is 43.4 Å². The molecule has 0 aromatic carbocycles. The number of hydrogen-bond acceptors (Lipinski definition) is 3. The van der Waals surface area contributed by atoms with Gasteiger partial charge in [-0.3, -0.25) is 9.59 Å². The fourth-order valence-electron chi connectivity index (χ4n) is 1.36. The van der Waals surface area contributed by atoms with Crippen molar-refractivity contribution in [2.45, 2.75) is 39.7 Å². The normalized spacial score (nSPS) is 24.8. The molecule has 0 spiro atoms. The predicted octanol–water partition coefficient (Wildman–Crippen LogP) is 1.86. The lowest BCUT2D eigenvalue weighted by molar-refractivity contribution is -0.154. The molecule has 0 fully saturated rings.